The molecule has 0 aliphatic heterocycles. The van der Waals surface area contributed by atoms with Crippen LogP contribution in [0.2, 0.25) is 0 Å². The summed E-state index contributed by atoms with van der Waals surface area (Å²) < 4.78 is 32.8. The Kier molecular flexibility index (Phi) is 11.7. The second-order valence-corrected chi connectivity index (χ2v) is 1.28. The third-order valence-corrected chi connectivity index (χ3v) is 0. The predicted molar refractivity (Wildman–Crippen MR) is 23.1 cm³/mol. The molecule has 0 fully saturated rings. The minimum Gasteiger partial charge on any atom is -0.726 e. The van der Waals surface area contributed by atoms with E-state index in [9.17, 15) is 0 Å². The number of hydrogen-bond donors (Lipinski definition) is 2. The van der Waals surface area contributed by atoms with Crippen molar-refractivity contribution in [2.75, 3.05) is 0 Å². The molecule has 0 saturated carbocycles. The normalized spacial score (nSPS) is 8.29. The fraction of sp³-hybridized carbons (Fsp3) is 0. The fourth-order valence-corrected chi connectivity index (χ4v) is 0. The third kappa shape index (κ3) is 155. The van der Waals surface area contributed by atoms with E-state index in [0.717, 1.165) is 0 Å². The van der Waals surface area contributed by atoms with Crippen LogP contribution in [0.4, 0.5) is 0 Å². The van der Waals surface area contributed by atoms with Gasteiger partial charge in [-0.05, 0) is 0 Å². The molecule has 0 aromatic heterocycles. The number of hydrogen-bond acceptors (Lipinski definition) is 4. The molecule has 0 aliphatic carbocycles. The molecule has 0 amide bonds. The van der Waals surface area contributed by atoms with E-state index in [4.69, 9.17) is 17.5 Å². The zero-order valence-corrected chi connectivity index (χ0v) is 6.52. The summed E-state index contributed by atoms with van der Waals surface area (Å²) >= 11 is 0. The summed E-state index contributed by atoms with van der Waals surface area (Å²) in [5, 5.41) is 0. The molecular weight excluding hydrogens is 150 g/mol. The third-order valence-electron chi connectivity index (χ3n) is 0. The van der Waals surface area contributed by atoms with Crippen molar-refractivity contribution >= 4 is 48.1 Å². The van der Waals surface area contributed by atoms with Gasteiger partial charge in [0, 0.05) is 0 Å². The molecule has 0 aromatic carbocycles. The summed E-state index contributed by atoms with van der Waals surface area (Å²) in [5.74, 6) is 0. The van der Waals surface area contributed by atoms with Gasteiger partial charge in [-0.25, -0.2) is 8.42 Å². The Morgan fingerprint density at radius 1 is 1.43 bits per heavy atom. The van der Waals surface area contributed by atoms with Gasteiger partial charge in [-0.15, -0.1) is 0 Å². The van der Waals surface area contributed by atoms with Gasteiger partial charge in [-0.1, -0.05) is 0 Å². The predicted octanol–water partition coefficient (Wildman–Crippen LogP) is -1.21. The van der Waals surface area contributed by atoms with Crippen molar-refractivity contribution in [3.63, 3.8) is 0 Å². The van der Waals surface area contributed by atoms with Gasteiger partial charge in [0.2, 0.25) is 10.4 Å². The standard InChI is InChI=1S/Ca.H3N.H2O4S/c;;1-5(2,3)4/h;1H3;(H2,1,2,3,4)/q+1;;/p-1. The van der Waals surface area contributed by atoms with Gasteiger partial charge in [-0.3, -0.25) is 4.55 Å². The van der Waals surface area contributed by atoms with E-state index in [1.165, 1.54) is 0 Å². The maximum absolute atomic E-state index is 8.63. The molecule has 0 saturated heterocycles. The number of rotatable bonds is 0. The van der Waals surface area contributed by atoms with E-state index < -0.39 is 10.4 Å². The van der Waals surface area contributed by atoms with Crippen molar-refractivity contribution in [1.29, 1.82) is 0 Å². The Labute approximate surface area is 71.3 Å². The summed E-state index contributed by atoms with van der Waals surface area (Å²) in [6.45, 7) is 0. The molecule has 0 atom stereocenters. The van der Waals surface area contributed by atoms with Crippen LogP contribution in [0.25, 0.3) is 0 Å². The van der Waals surface area contributed by atoms with Crippen molar-refractivity contribution in [3.05, 3.63) is 0 Å². The monoisotopic (exact) mass is 154 g/mol. The molecule has 0 aliphatic rings. The van der Waals surface area contributed by atoms with Gasteiger partial charge >= 0.3 is 37.7 Å². The smallest absolute Gasteiger partial charge is 0.726 e. The van der Waals surface area contributed by atoms with Gasteiger partial charge in [0.25, 0.3) is 0 Å². The summed E-state index contributed by atoms with van der Waals surface area (Å²) in [4.78, 5) is 0. The van der Waals surface area contributed by atoms with Crippen LogP contribution in [0.15, 0.2) is 0 Å². The maximum atomic E-state index is 8.63. The quantitative estimate of drug-likeness (QED) is 0.258. The van der Waals surface area contributed by atoms with E-state index in [1.807, 2.05) is 0 Å². The first kappa shape index (κ1) is 15.7. The zero-order valence-electron chi connectivity index (χ0n) is 3.49. The average molecular weight is 154 g/mol. The Balaban J connectivity index is -0.0000000800. The van der Waals surface area contributed by atoms with Gasteiger partial charge in [0.15, 0.2) is 0 Å². The van der Waals surface area contributed by atoms with Crippen LogP contribution in [0.1, 0.15) is 0 Å². The van der Waals surface area contributed by atoms with Crippen LogP contribution in [0, 0.1) is 0 Å². The molecule has 1 radical (unpaired) electrons. The van der Waals surface area contributed by atoms with Crippen LogP contribution in [0.5, 0.6) is 0 Å². The van der Waals surface area contributed by atoms with Gasteiger partial charge in [-0.2, -0.15) is 0 Å². The van der Waals surface area contributed by atoms with Gasteiger partial charge < -0.3 is 10.7 Å². The molecule has 0 bridgehead atoms. The van der Waals surface area contributed by atoms with Crippen molar-refractivity contribution in [1.82, 2.24) is 6.15 Å². The molecule has 0 unspecified atom stereocenters. The van der Waals surface area contributed by atoms with Gasteiger partial charge in [0.05, 0.1) is 0 Å². The molecular formula is H4CaNO4S. The molecule has 7 heteroatoms. The first-order valence-corrected chi connectivity index (χ1v) is 2.05. The zero-order chi connectivity index (χ0) is 4.50. The van der Waals surface area contributed by atoms with Crippen molar-refractivity contribution in [2.24, 2.45) is 0 Å². The van der Waals surface area contributed by atoms with E-state index in [-0.39, 0.29) is 43.9 Å². The minimum atomic E-state index is -4.92. The molecule has 0 spiro atoms. The minimum absolute atomic E-state index is 0. The maximum Gasteiger partial charge on any atom is 1.00 e. The van der Waals surface area contributed by atoms with Crippen LogP contribution in [0.3, 0.4) is 0 Å². The Morgan fingerprint density at radius 3 is 1.43 bits per heavy atom. The Bertz CT molecular complexity index is 94.9. The second-order valence-electron chi connectivity index (χ2n) is 0.428. The van der Waals surface area contributed by atoms with E-state index >= 15 is 0 Å². The molecule has 41 valence electrons. The molecule has 0 heterocycles. The first-order chi connectivity index (χ1) is 2.00. The molecule has 5 nitrogen and oxygen atoms in total. The molecule has 0 aromatic rings. The van der Waals surface area contributed by atoms with Crippen LogP contribution < -0.4 is 6.15 Å². The summed E-state index contributed by atoms with van der Waals surface area (Å²) in [6.07, 6.45) is 0. The SMILES string of the molecule is N.O=S(=O)([O-])O.[Ca+]. The summed E-state index contributed by atoms with van der Waals surface area (Å²) in [5.41, 5.74) is 0. The largest absolute Gasteiger partial charge is 1.00 e. The van der Waals surface area contributed by atoms with Crippen LogP contribution in [-0.4, -0.2) is 55.3 Å². The van der Waals surface area contributed by atoms with Crippen LogP contribution in [-0.2, 0) is 10.4 Å². The summed E-state index contributed by atoms with van der Waals surface area (Å²) in [6, 6.07) is 0. The first-order valence-electron chi connectivity index (χ1n) is 0.683. The summed E-state index contributed by atoms with van der Waals surface area (Å²) in [7, 11) is -4.92. The van der Waals surface area contributed by atoms with E-state index in [1.54, 1.807) is 0 Å². The molecule has 4 N–H and O–H groups in total. The van der Waals surface area contributed by atoms with Crippen molar-refractivity contribution < 1.29 is 17.5 Å². The Hall–Kier alpha value is 1.09. The van der Waals surface area contributed by atoms with E-state index in [0.29, 0.717) is 0 Å². The van der Waals surface area contributed by atoms with Gasteiger partial charge in [0.1, 0.15) is 0 Å². The van der Waals surface area contributed by atoms with Crippen molar-refractivity contribution in [2.45, 2.75) is 0 Å². The molecule has 0 rings (SSSR count). The second kappa shape index (κ2) is 5.23. The fourth-order valence-electron chi connectivity index (χ4n) is 0. The Morgan fingerprint density at radius 2 is 1.43 bits per heavy atom. The molecule has 7 heavy (non-hydrogen) atoms. The van der Waals surface area contributed by atoms with Crippen LogP contribution >= 0.6 is 0 Å². The topological polar surface area (TPSA) is 112 Å². The average Bonchev–Trinajstić information content (AvgIpc) is 0.722. The van der Waals surface area contributed by atoms with Crippen molar-refractivity contribution in [3.8, 4) is 0 Å². The van der Waals surface area contributed by atoms with E-state index in [2.05, 4.69) is 0 Å².